The predicted octanol–water partition coefficient (Wildman–Crippen LogP) is 1.99. The van der Waals surface area contributed by atoms with E-state index in [0.29, 0.717) is 12.5 Å². The summed E-state index contributed by atoms with van der Waals surface area (Å²) in [6, 6.07) is 3.96. The van der Waals surface area contributed by atoms with Crippen molar-refractivity contribution in [2.75, 3.05) is 0 Å². The molecule has 0 spiro atoms. The van der Waals surface area contributed by atoms with Gasteiger partial charge in [-0.25, -0.2) is 9.67 Å². The van der Waals surface area contributed by atoms with Crippen LogP contribution in [0, 0.1) is 0 Å². The van der Waals surface area contributed by atoms with Crippen molar-refractivity contribution in [2.24, 2.45) is 12.8 Å². The van der Waals surface area contributed by atoms with Crippen LogP contribution in [0.25, 0.3) is 11.5 Å². The summed E-state index contributed by atoms with van der Waals surface area (Å²) in [5, 5.41) is 4.55. The van der Waals surface area contributed by atoms with E-state index in [1.54, 1.807) is 6.20 Å². The van der Waals surface area contributed by atoms with Crippen LogP contribution in [0.15, 0.2) is 18.3 Å². The summed E-state index contributed by atoms with van der Waals surface area (Å²) < 4.78 is 1.83. The molecule has 3 rings (SSSR count). The molecule has 2 heterocycles. The van der Waals surface area contributed by atoms with Gasteiger partial charge in [0.05, 0.1) is 0 Å². The number of nitrogens with two attached hydrogens (primary N) is 1. The lowest BCUT2D eigenvalue weighted by Crippen LogP contribution is -1.99. The molecule has 0 aromatic carbocycles. The Labute approximate surface area is 112 Å². The van der Waals surface area contributed by atoms with Crippen LogP contribution in [0.2, 0.25) is 0 Å². The van der Waals surface area contributed by atoms with Gasteiger partial charge in [-0.15, -0.1) is 0 Å². The van der Waals surface area contributed by atoms with E-state index < -0.39 is 0 Å². The second kappa shape index (κ2) is 5.09. The first-order valence-corrected chi connectivity index (χ1v) is 6.84. The molecule has 0 bridgehead atoms. The van der Waals surface area contributed by atoms with Gasteiger partial charge in [0.1, 0.15) is 5.69 Å². The third kappa shape index (κ3) is 2.38. The van der Waals surface area contributed by atoms with Gasteiger partial charge in [-0.05, 0) is 24.5 Å². The maximum absolute atomic E-state index is 5.58. The lowest BCUT2D eigenvalue weighted by Gasteiger charge is -2.01. The molecule has 5 heteroatoms. The first kappa shape index (κ1) is 12.3. The van der Waals surface area contributed by atoms with Crippen LogP contribution in [0.5, 0.6) is 0 Å². The fourth-order valence-corrected chi connectivity index (χ4v) is 2.66. The van der Waals surface area contributed by atoms with Gasteiger partial charge in [0, 0.05) is 25.7 Å². The summed E-state index contributed by atoms with van der Waals surface area (Å²) >= 11 is 0. The van der Waals surface area contributed by atoms with E-state index in [0.717, 1.165) is 22.9 Å². The fourth-order valence-electron chi connectivity index (χ4n) is 2.66. The third-order valence-corrected chi connectivity index (χ3v) is 3.79. The summed E-state index contributed by atoms with van der Waals surface area (Å²) in [6.45, 7) is 0.513. The number of hydrogen-bond acceptors (Lipinski definition) is 4. The lowest BCUT2D eigenvalue weighted by molar-refractivity contribution is 0.648. The fraction of sp³-hybridized carbons (Fsp3) is 0.500. The quantitative estimate of drug-likeness (QED) is 0.913. The molecule has 5 nitrogen and oxygen atoms in total. The third-order valence-electron chi connectivity index (χ3n) is 3.79. The SMILES string of the molecule is Cn1nc(C2CCCC2)nc1-c1ccc(CN)cn1. The van der Waals surface area contributed by atoms with E-state index in [4.69, 9.17) is 5.73 Å². The smallest absolute Gasteiger partial charge is 0.176 e. The van der Waals surface area contributed by atoms with Crippen molar-refractivity contribution in [1.29, 1.82) is 0 Å². The maximum atomic E-state index is 5.58. The normalized spacial score (nSPS) is 16.1. The summed E-state index contributed by atoms with van der Waals surface area (Å²) in [5.74, 6) is 2.34. The number of hydrogen-bond donors (Lipinski definition) is 1. The van der Waals surface area contributed by atoms with Crippen LogP contribution in [0.4, 0.5) is 0 Å². The van der Waals surface area contributed by atoms with Gasteiger partial charge < -0.3 is 5.73 Å². The van der Waals surface area contributed by atoms with Crippen molar-refractivity contribution in [2.45, 2.75) is 38.1 Å². The molecular formula is C14H19N5. The average Bonchev–Trinajstić information content (AvgIpc) is 3.08. The first-order chi connectivity index (χ1) is 9.28. The highest BCUT2D eigenvalue weighted by atomic mass is 15.3. The van der Waals surface area contributed by atoms with E-state index in [9.17, 15) is 0 Å². The summed E-state index contributed by atoms with van der Waals surface area (Å²) in [5.41, 5.74) is 7.47. The Morgan fingerprint density at radius 3 is 2.74 bits per heavy atom. The van der Waals surface area contributed by atoms with Crippen molar-refractivity contribution in [1.82, 2.24) is 19.7 Å². The molecule has 1 aliphatic rings. The van der Waals surface area contributed by atoms with Crippen molar-refractivity contribution < 1.29 is 0 Å². The van der Waals surface area contributed by atoms with Crippen molar-refractivity contribution in [3.63, 3.8) is 0 Å². The molecule has 1 fully saturated rings. The molecule has 0 unspecified atom stereocenters. The second-order valence-electron chi connectivity index (χ2n) is 5.15. The van der Waals surface area contributed by atoms with Gasteiger partial charge >= 0.3 is 0 Å². The molecule has 0 atom stereocenters. The van der Waals surface area contributed by atoms with Crippen LogP contribution < -0.4 is 5.73 Å². The monoisotopic (exact) mass is 257 g/mol. The zero-order chi connectivity index (χ0) is 13.2. The van der Waals surface area contributed by atoms with E-state index in [-0.39, 0.29) is 0 Å². The standard InChI is InChI=1S/C14H19N5/c1-19-14(12-7-6-10(8-15)9-16-12)17-13(18-19)11-4-2-3-5-11/h6-7,9,11H,2-5,8,15H2,1H3. The molecule has 100 valence electrons. The van der Waals surface area contributed by atoms with E-state index in [1.807, 2.05) is 23.9 Å². The van der Waals surface area contributed by atoms with Crippen LogP contribution in [-0.2, 0) is 13.6 Å². The Kier molecular flexibility index (Phi) is 3.29. The maximum Gasteiger partial charge on any atom is 0.176 e. The van der Waals surface area contributed by atoms with Crippen LogP contribution in [0.3, 0.4) is 0 Å². The minimum Gasteiger partial charge on any atom is -0.326 e. The van der Waals surface area contributed by atoms with Gasteiger partial charge in [-0.1, -0.05) is 18.9 Å². The highest BCUT2D eigenvalue weighted by molar-refractivity contribution is 5.49. The lowest BCUT2D eigenvalue weighted by atomic mass is 10.1. The molecular weight excluding hydrogens is 238 g/mol. The Morgan fingerprint density at radius 2 is 2.11 bits per heavy atom. The molecule has 0 amide bonds. The van der Waals surface area contributed by atoms with Crippen LogP contribution in [0.1, 0.15) is 43.0 Å². The largest absolute Gasteiger partial charge is 0.326 e. The molecule has 19 heavy (non-hydrogen) atoms. The molecule has 0 aliphatic heterocycles. The second-order valence-corrected chi connectivity index (χ2v) is 5.15. The Bertz CT molecular complexity index is 552. The number of aromatic nitrogens is 4. The van der Waals surface area contributed by atoms with Gasteiger partial charge in [0.2, 0.25) is 0 Å². The van der Waals surface area contributed by atoms with Gasteiger partial charge in [-0.3, -0.25) is 4.98 Å². The minimum atomic E-state index is 0.513. The molecule has 2 N–H and O–H groups in total. The van der Waals surface area contributed by atoms with Crippen molar-refractivity contribution in [3.05, 3.63) is 29.7 Å². The topological polar surface area (TPSA) is 69.6 Å². The number of pyridine rings is 1. The van der Waals surface area contributed by atoms with Gasteiger partial charge in [0.25, 0.3) is 0 Å². The molecule has 2 aromatic heterocycles. The Morgan fingerprint density at radius 1 is 1.32 bits per heavy atom. The highest BCUT2D eigenvalue weighted by Gasteiger charge is 2.22. The summed E-state index contributed by atoms with van der Waals surface area (Å²) in [7, 11) is 1.93. The average molecular weight is 257 g/mol. The van der Waals surface area contributed by atoms with Crippen molar-refractivity contribution in [3.8, 4) is 11.5 Å². The summed E-state index contributed by atoms with van der Waals surface area (Å²) in [4.78, 5) is 9.09. The van der Waals surface area contributed by atoms with E-state index >= 15 is 0 Å². The van der Waals surface area contributed by atoms with Crippen LogP contribution in [-0.4, -0.2) is 19.7 Å². The predicted molar refractivity (Wildman–Crippen MR) is 73.3 cm³/mol. The zero-order valence-electron chi connectivity index (χ0n) is 11.2. The Balaban J connectivity index is 1.90. The Hall–Kier alpha value is -1.75. The molecule has 0 radical (unpaired) electrons. The molecule has 0 saturated heterocycles. The summed E-state index contributed by atoms with van der Waals surface area (Å²) in [6.07, 6.45) is 6.81. The first-order valence-electron chi connectivity index (χ1n) is 6.84. The molecule has 1 saturated carbocycles. The van der Waals surface area contributed by atoms with E-state index in [2.05, 4.69) is 15.1 Å². The minimum absolute atomic E-state index is 0.513. The van der Waals surface area contributed by atoms with E-state index in [1.165, 1.54) is 25.7 Å². The number of aryl methyl sites for hydroxylation is 1. The van der Waals surface area contributed by atoms with Crippen LogP contribution >= 0.6 is 0 Å². The highest BCUT2D eigenvalue weighted by Crippen LogP contribution is 2.32. The molecule has 2 aromatic rings. The van der Waals surface area contributed by atoms with Crippen molar-refractivity contribution >= 4 is 0 Å². The number of nitrogens with zero attached hydrogens (tertiary/aromatic N) is 4. The zero-order valence-corrected chi connectivity index (χ0v) is 11.2. The van der Waals surface area contributed by atoms with Gasteiger partial charge in [0.15, 0.2) is 11.6 Å². The van der Waals surface area contributed by atoms with Gasteiger partial charge in [-0.2, -0.15) is 5.10 Å². The molecule has 1 aliphatic carbocycles. The number of rotatable bonds is 3.